The van der Waals surface area contributed by atoms with E-state index in [1.54, 1.807) is 5.32 Å². The van der Waals surface area contributed by atoms with Crippen LogP contribution in [0.25, 0.3) is 0 Å². The number of imide groups is 1. The van der Waals surface area contributed by atoms with Crippen LogP contribution >= 0.6 is 11.8 Å². The van der Waals surface area contributed by atoms with Crippen molar-refractivity contribution >= 4 is 29.4 Å². The number of halogens is 7. The number of benzene rings is 2. The quantitative estimate of drug-likeness (QED) is 0.562. The largest absolute Gasteiger partial charge is 0.446 e. The summed E-state index contributed by atoms with van der Waals surface area (Å²) >= 11 is -1.02. The standard InChI is InChI=1S/C15H7F7N2O2S/c16-7-2-1-3-8(17)11(7)13(25)24-14(26)23-6-4-9(18)12(10(19)5-6)27-15(20,21)22/h1-5H,(H2,23,24,25,26). The van der Waals surface area contributed by atoms with Gasteiger partial charge in [0.15, 0.2) is 0 Å². The summed E-state index contributed by atoms with van der Waals surface area (Å²) in [6.07, 6.45) is 0. The van der Waals surface area contributed by atoms with Gasteiger partial charge in [0, 0.05) is 5.69 Å². The van der Waals surface area contributed by atoms with Gasteiger partial charge in [0.25, 0.3) is 5.91 Å². The van der Waals surface area contributed by atoms with Gasteiger partial charge in [0.05, 0.1) is 4.90 Å². The minimum atomic E-state index is -4.94. The van der Waals surface area contributed by atoms with Crippen LogP contribution < -0.4 is 10.6 Å². The number of amides is 3. The highest BCUT2D eigenvalue weighted by Gasteiger charge is 2.32. The van der Waals surface area contributed by atoms with Crippen molar-refractivity contribution in [1.82, 2.24) is 5.32 Å². The lowest BCUT2D eigenvalue weighted by atomic mass is 10.2. The van der Waals surface area contributed by atoms with Crippen LogP contribution in [-0.2, 0) is 0 Å². The molecule has 0 aliphatic heterocycles. The second-order valence-electron chi connectivity index (χ2n) is 4.82. The minimum absolute atomic E-state index is 0.380. The van der Waals surface area contributed by atoms with Crippen molar-refractivity contribution < 1.29 is 40.3 Å². The smallest absolute Gasteiger partial charge is 0.307 e. The SMILES string of the molecule is O=C(NC(=O)c1c(F)cccc1F)Nc1cc(F)c(SC(F)(F)F)c(F)c1. The number of rotatable bonds is 3. The van der Waals surface area contributed by atoms with Crippen molar-refractivity contribution in [2.75, 3.05) is 5.32 Å². The molecule has 0 bridgehead atoms. The van der Waals surface area contributed by atoms with Gasteiger partial charge >= 0.3 is 11.5 Å². The van der Waals surface area contributed by atoms with E-state index in [1.807, 2.05) is 0 Å². The summed E-state index contributed by atoms with van der Waals surface area (Å²) in [5.74, 6) is -7.22. The summed E-state index contributed by atoms with van der Waals surface area (Å²) in [7, 11) is 0. The average molecular weight is 412 g/mol. The van der Waals surface area contributed by atoms with Gasteiger partial charge in [-0.2, -0.15) is 13.2 Å². The molecule has 0 heterocycles. The summed E-state index contributed by atoms with van der Waals surface area (Å²) in [5.41, 5.74) is -6.64. The number of carbonyl (C=O) groups is 2. The molecule has 2 N–H and O–H groups in total. The third-order valence-corrected chi connectivity index (χ3v) is 3.72. The highest BCUT2D eigenvalue weighted by molar-refractivity contribution is 8.00. The molecule has 0 saturated carbocycles. The van der Waals surface area contributed by atoms with Gasteiger partial charge in [-0.15, -0.1) is 0 Å². The van der Waals surface area contributed by atoms with Crippen molar-refractivity contribution in [1.29, 1.82) is 0 Å². The maximum Gasteiger partial charge on any atom is 0.446 e. The van der Waals surface area contributed by atoms with Crippen molar-refractivity contribution in [3.8, 4) is 0 Å². The Morgan fingerprint density at radius 2 is 1.41 bits per heavy atom. The molecule has 0 unspecified atom stereocenters. The van der Waals surface area contributed by atoms with Gasteiger partial charge in [0.2, 0.25) is 0 Å². The Morgan fingerprint density at radius 3 is 1.89 bits per heavy atom. The summed E-state index contributed by atoms with van der Waals surface area (Å²) < 4.78 is 90.8. The fourth-order valence-electron chi connectivity index (χ4n) is 1.89. The third-order valence-electron chi connectivity index (χ3n) is 2.89. The first kappa shape index (κ1) is 20.6. The topological polar surface area (TPSA) is 58.2 Å². The van der Waals surface area contributed by atoms with Gasteiger partial charge in [-0.05, 0) is 36.0 Å². The van der Waals surface area contributed by atoms with E-state index in [1.165, 1.54) is 5.32 Å². The number of anilines is 1. The van der Waals surface area contributed by atoms with E-state index in [0.29, 0.717) is 12.1 Å². The van der Waals surface area contributed by atoms with Gasteiger partial charge < -0.3 is 5.32 Å². The zero-order valence-corrected chi connectivity index (χ0v) is 13.6. The Morgan fingerprint density at radius 1 is 0.889 bits per heavy atom. The number of thioether (sulfide) groups is 1. The summed E-state index contributed by atoms with van der Waals surface area (Å²) in [6.45, 7) is 0. The van der Waals surface area contributed by atoms with E-state index in [-0.39, 0.29) is 0 Å². The predicted octanol–water partition coefficient (Wildman–Crippen LogP) is 4.82. The summed E-state index contributed by atoms with van der Waals surface area (Å²) in [4.78, 5) is 22.0. The van der Waals surface area contributed by atoms with E-state index in [9.17, 15) is 40.3 Å². The molecule has 0 aromatic heterocycles. The first-order valence-corrected chi connectivity index (χ1v) is 7.60. The highest BCUT2D eigenvalue weighted by Crippen LogP contribution is 2.40. The van der Waals surface area contributed by atoms with Gasteiger partial charge in [-0.3, -0.25) is 10.1 Å². The van der Waals surface area contributed by atoms with Gasteiger partial charge in [0.1, 0.15) is 28.8 Å². The molecule has 144 valence electrons. The number of nitrogens with one attached hydrogen (secondary N) is 2. The Bertz CT molecular complexity index is 859. The molecular weight excluding hydrogens is 405 g/mol. The van der Waals surface area contributed by atoms with E-state index in [0.717, 1.165) is 18.2 Å². The lowest BCUT2D eigenvalue weighted by molar-refractivity contribution is -0.0330. The molecule has 2 aromatic carbocycles. The zero-order chi connectivity index (χ0) is 20.4. The molecule has 4 nitrogen and oxygen atoms in total. The predicted molar refractivity (Wildman–Crippen MR) is 81.1 cm³/mol. The summed E-state index contributed by atoms with van der Waals surface area (Å²) in [5, 5.41) is 3.29. The molecule has 0 aliphatic rings. The monoisotopic (exact) mass is 412 g/mol. The number of urea groups is 1. The fourth-order valence-corrected chi connectivity index (χ4v) is 2.43. The molecule has 0 saturated heterocycles. The normalized spacial score (nSPS) is 11.2. The Kier molecular flexibility index (Phi) is 5.98. The maximum atomic E-state index is 13.6. The van der Waals surface area contributed by atoms with Crippen LogP contribution in [0.5, 0.6) is 0 Å². The first-order chi connectivity index (χ1) is 12.5. The molecule has 12 heteroatoms. The van der Waals surface area contributed by atoms with Crippen molar-refractivity contribution in [3.63, 3.8) is 0 Å². The van der Waals surface area contributed by atoms with Crippen molar-refractivity contribution in [3.05, 3.63) is 59.2 Å². The second-order valence-corrected chi connectivity index (χ2v) is 5.90. The van der Waals surface area contributed by atoms with Crippen LogP contribution in [0.3, 0.4) is 0 Å². The molecule has 0 aliphatic carbocycles. The van der Waals surface area contributed by atoms with Crippen molar-refractivity contribution in [2.24, 2.45) is 0 Å². The van der Waals surface area contributed by atoms with Crippen LogP contribution in [0.4, 0.5) is 41.2 Å². The molecule has 0 fully saturated rings. The van der Waals surface area contributed by atoms with E-state index in [2.05, 4.69) is 0 Å². The maximum absolute atomic E-state index is 13.6. The summed E-state index contributed by atoms with van der Waals surface area (Å²) in [6, 6.07) is 1.84. The molecule has 0 radical (unpaired) electrons. The zero-order valence-electron chi connectivity index (χ0n) is 12.8. The van der Waals surface area contributed by atoms with E-state index < -0.39 is 68.6 Å². The molecule has 27 heavy (non-hydrogen) atoms. The number of carbonyl (C=O) groups excluding carboxylic acids is 2. The number of hydrogen-bond donors (Lipinski definition) is 2. The first-order valence-electron chi connectivity index (χ1n) is 6.79. The number of alkyl halides is 3. The van der Waals surface area contributed by atoms with Crippen LogP contribution in [0.2, 0.25) is 0 Å². The molecule has 3 amide bonds. The van der Waals surface area contributed by atoms with Gasteiger partial charge in [-0.1, -0.05) is 6.07 Å². The number of hydrogen-bond acceptors (Lipinski definition) is 3. The van der Waals surface area contributed by atoms with Crippen molar-refractivity contribution in [2.45, 2.75) is 10.4 Å². The Labute approximate surface area is 150 Å². The second kappa shape index (κ2) is 7.86. The minimum Gasteiger partial charge on any atom is -0.307 e. The lowest BCUT2D eigenvalue weighted by Crippen LogP contribution is -2.35. The van der Waals surface area contributed by atoms with E-state index >= 15 is 0 Å². The average Bonchev–Trinajstić information content (AvgIpc) is 2.49. The lowest BCUT2D eigenvalue weighted by Gasteiger charge is -2.11. The highest BCUT2D eigenvalue weighted by atomic mass is 32.2. The molecule has 0 atom stereocenters. The van der Waals surface area contributed by atoms with Gasteiger partial charge in [-0.25, -0.2) is 22.4 Å². The molecule has 2 rings (SSSR count). The van der Waals surface area contributed by atoms with Crippen LogP contribution in [0, 0.1) is 23.3 Å². The fraction of sp³-hybridized carbons (Fsp3) is 0.0667. The van der Waals surface area contributed by atoms with Crippen LogP contribution in [-0.4, -0.2) is 17.4 Å². The third kappa shape index (κ3) is 5.36. The molecule has 2 aromatic rings. The van der Waals surface area contributed by atoms with E-state index in [4.69, 9.17) is 0 Å². The Balaban J connectivity index is 2.13. The molecular formula is C15H7F7N2O2S. The van der Waals surface area contributed by atoms with Crippen LogP contribution in [0.1, 0.15) is 10.4 Å². The van der Waals surface area contributed by atoms with Crippen LogP contribution in [0.15, 0.2) is 35.2 Å². The Hall–Kier alpha value is -2.76. The molecule has 0 spiro atoms.